The number of Topliss-reactive ketones (excluding diaryl/α,β-unsaturated/α-hetero) is 1. The van der Waals surface area contributed by atoms with Gasteiger partial charge in [0.25, 0.3) is 0 Å². The van der Waals surface area contributed by atoms with E-state index < -0.39 is 10.1 Å². The number of methoxy groups -OCH3 is 3. The van der Waals surface area contributed by atoms with Gasteiger partial charge in [-0.15, -0.1) is 0 Å². The minimum Gasteiger partial charge on any atom is -0.493 e. The second-order valence-corrected chi connectivity index (χ2v) is 7.42. The van der Waals surface area contributed by atoms with Crippen molar-refractivity contribution in [3.8, 4) is 28.7 Å². The van der Waals surface area contributed by atoms with Gasteiger partial charge in [0, 0.05) is 6.07 Å². The lowest BCUT2D eigenvalue weighted by atomic mass is 10.1. The molecule has 0 atom stereocenters. The Hall–Kier alpha value is -3.20. The highest BCUT2D eigenvalue weighted by Gasteiger charge is 2.28. The number of rotatable bonds is 6. The zero-order chi connectivity index (χ0) is 20.5. The monoisotopic (exact) mass is 406 g/mol. The van der Waals surface area contributed by atoms with Crippen molar-refractivity contribution in [2.45, 2.75) is 0 Å². The molecule has 1 aliphatic heterocycles. The summed E-state index contributed by atoms with van der Waals surface area (Å²) in [5.74, 6) is 1.29. The van der Waals surface area contributed by atoms with Gasteiger partial charge in [-0.3, -0.25) is 4.79 Å². The number of ketones is 1. The van der Waals surface area contributed by atoms with Crippen LogP contribution in [0.25, 0.3) is 6.08 Å². The van der Waals surface area contributed by atoms with Gasteiger partial charge < -0.3 is 23.1 Å². The molecule has 0 radical (unpaired) electrons. The third-order valence-electron chi connectivity index (χ3n) is 3.87. The van der Waals surface area contributed by atoms with Crippen LogP contribution in [-0.2, 0) is 10.1 Å². The zero-order valence-corrected chi connectivity index (χ0v) is 16.5. The van der Waals surface area contributed by atoms with E-state index in [2.05, 4.69) is 0 Å². The fourth-order valence-corrected chi connectivity index (χ4v) is 3.18. The molecule has 148 valence electrons. The number of ether oxygens (including phenoxy) is 4. The molecule has 9 heteroatoms. The number of carbonyl (C=O) groups is 1. The fourth-order valence-electron chi connectivity index (χ4n) is 2.73. The van der Waals surface area contributed by atoms with Crippen molar-refractivity contribution in [2.24, 2.45) is 0 Å². The summed E-state index contributed by atoms with van der Waals surface area (Å²) in [5, 5.41) is 0. The van der Waals surface area contributed by atoms with Gasteiger partial charge >= 0.3 is 10.1 Å². The molecule has 0 fully saturated rings. The van der Waals surface area contributed by atoms with Crippen LogP contribution in [0.1, 0.15) is 15.9 Å². The van der Waals surface area contributed by atoms with E-state index in [0.29, 0.717) is 28.4 Å². The predicted molar refractivity (Wildman–Crippen MR) is 101 cm³/mol. The summed E-state index contributed by atoms with van der Waals surface area (Å²) >= 11 is 0. The van der Waals surface area contributed by atoms with E-state index in [1.165, 1.54) is 45.6 Å². The first-order chi connectivity index (χ1) is 13.3. The molecule has 0 aromatic heterocycles. The standard InChI is InChI=1S/C19H18O8S/c1-23-16-8-11(9-17(24-2)19(16)25-3)7-15-18(20)13-6-5-12(10-14(13)26-15)27-28(4,21)22/h5-10H,1-4H3/b15-7-. The van der Waals surface area contributed by atoms with Gasteiger partial charge in [-0.05, 0) is 35.9 Å². The molecular formula is C19H18O8S. The molecule has 1 heterocycles. The minimum absolute atomic E-state index is 0.0584. The van der Waals surface area contributed by atoms with Crippen molar-refractivity contribution in [3.05, 3.63) is 47.2 Å². The molecule has 2 aromatic carbocycles. The predicted octanol–water partition coefficient (Wildman–Crippen LogP) is 2.67. The molecule has 1 aliphatic rings. The molecule has 0 unspecified atom stereocenters. The Labute approximate surface area is 162 Å². The molecule has 0 saturated heterocycles. The molecule has 0 saturated carbocycles. The lowest BCUT2D eigenvalue weighted by molar-refractivity contribution is 0.101. The van der Waals surface area contributed by atoms with Crippen molar-refractivity contribution in [3.63, 3.8) is 0 Å². The molecule has 2 aromatic rings. The Bertz CT molecular complexity index is 1040. The van der Waals surface area contributed by atoms with E-state index in [4.69, 9.17) is 23.1 Å². The third kappa shape index (κ3) is 3.89. The highest BCUT2D eigenvalue weighted by Crippen LogP contribution is 2.40. The van der Waals surface area contributed by atoms with Crippen molar-refractivity contribution in [1.82, 2.24) is 0 Å². The maximum absolute atomic E-state index is 12.6. The van der Waals surface area contributed by atoms with Crippen LogP contribution < -0.4 is 23.1 Å². The zero-order valence-electron chi connectivity index (χ0n) is 15.6. The van der Waals surface area contributed by atoms with Crippen LogP contribution in [0.4, 0.5) is 0 Å². The van der Waals surface area contributed by atoms with E-state index in [9.17, 15) is 13.2 Å². The van der Waals surface area contributed by atoms with Crippen molar-refractivity contribution in [1.29, 1.82) is 0 Å². The first kappa shape index (κ1) is 19.6. The van der Waals surface area contributed by atoms with Gasteiger partial charge in [-0.25, -0.2) is 0 Å². The van der Waals surface area contributed by atoms with E-state index in [1.54, 1.807) is 12.1 Å². The van der Waals surface area contributed by atoms with E-state index in [-0.39, 0.29) is 23.0 Å². The van der Waals surface area contributed by atoms with Crippen LogP contribution in [-0.4, -0.2) is 41.8 Å². The van der Waals surface area contributed by atoms with Crippen LogP contribution in [0.2, 0.25) is 0 Å². The summed E-state index contributed by atoms with van der Waals surface area (Å²) in [7, 11) is 0.789. The van der Waals surface area contributed by atoms with Crippen LogP contribution in [0.5, 0.6) is 28.7 Å². The molecular weight excluding hydrogens is 388 g/mol. The second-order valence-electron chi connectivity index (χ2n) is 5.84. The number of fused-ring (bicyclic) bond motifs is 1. The number of hydrogen-bond acceptors (Lipinski definition) is 8. The Morgan fingerprint density at radius 2 is 1.61 bits per heavy atom. The maximum Gasteiger partial charge on any atom is 0.306 e. The highest BCUT2D eigenvalue weighted by atomic mass is 32.2. The van der Waals surface area contributed by atoms with Crippen molar-refractivity contribution >= 4 is 22.0 Å². The maximum atomic E-state index is 12.6. The Balaban J connectivity index is 1.97. The first-order valence-corrected chi connectivity index (χ1v) is 9.85. The summed E-state index contributed by atoms with van der Waals surface area (Å²) in [6.07, 6.45) is 2.46. The summed E-state index contributed by atoms with van der Waals surface area (Å²) in [6.45, 7) is 0. The SMILES string of the molecule is COc1cc(/C=C2\Oc3cc(OS(C)(=O)=O)ccc3C2=O)cc(OC)c1OC. The number of benzene rings is 2. The summed E-state index contributed by atoms with van der Waals surface area (Å²) in [6, 6.07) is 7.54. The number of carbonyl (C=O) groups excluding carboxylic acids is 1. The van der Waals surface area contributed by atoms with Crippen molar-refractivity contribution < 1.29 is 36.3 Å². The van der Waals surface area contributed by atoms with E-state index >= 15 is 0 Å². The quantitative estimate of drug-likeness (QED) is 0.534. The molecule has 0 aliphatic carbocycles. The Morgan fingerprint density at radius 1 is 0.964 bits per heavy atom. The summed E-state index contributed by atoms with van der Waals surface area (Å²) in [5.41, 5.74) is 0.901. The molecule has 3 rings (SSSR count). The van der Waals surface area contributed by atoms with E-state index in [0.717, 1.165) is 6.26 Å². The fraction of sp³-hybridized carbons (Fsp3) is 0.211. The topological polar surface area (TPSA) is 97.4 Å². The highest BCUT2D eigenvalue weighted by molar-refractivity contribution is 7.86. The van der Waals surface area contributed by atoms with Gasteiger partial charge in [0.2, 0.25) is 11.5 Å². The van der Waals surface area contributed by atoms with Gasteiger partial charge in [0.15, 0.2) is 17.3 Å². The smallest absolute Gasteiger partial charge is 0.306 e. The second kappa shape index (κ2) is 7.43. The normalized spacial score (nSPS) is 14.4. The van der Waals surface area contributed by atoms with E-state index in [1.807, 2.05) is 0 Å². The lowest BCUT2D eigenvalue weighted by Gasteiger charge is -2.13. The summed E-state index contributed by atoms with van der Waals surface area (Å²) in [4.78, 5) is 12.6. The van der Waals surface area contributed by atoms with Gasteiger partial charge in [-0.1, -0.05) is 0 Å². The van der Waals surface area contributed by atoms with Gasteiger partial charge in [0.1, 0.15) is 11.5 Å². The van der Waals surface area contributed by atoms with Gasteiger partial charge in [0.05, 0.1) is 33.1 Å². The first-order valence-electron chi connectivity index (χ1n) is 8.03. The van der Waals surface area contributed by atoms with Crippen molar-refractivity contribution in [2.75, 3.05) is 27.6 Å². The van der Waals surface area contributed by atoms with Gasteiger partial charge in [-0.2, -0.15) is 8.42 Å². The Morgan fingerprint density at radius 3 is 2.14 bits per heavy atom. The largest absolute Gasteiger partial charge is 0.493 e. The molecule has 0 amide bonds. The van der Waals surface area contributed by atoms with Crippen LogP contribution >= 0.6 is 0 Å². The molecule has 8 nitrogen and oxygen atoms in total. The molecule has 0 bridgehead atoms. The molecule has 28 heavy (non-hydrogen) atoms. The lowest BCUT2D eigenvalue weighted by Crippen LogP contribution is -2.05. The number of allylic oxidation sites excluding steroid dienone is 1. The average molecular weight is 406 g/mol. The van der Waals surface area contributed by atoms with Crippen LogP contribution in [0.15, 0.2) is 36.1 Å². The number of hydrogen-bond donors (Lipinski definition) is 0. The molecule has 0 N–H and O–H groups in total. The average Bonchev–Trinajstić information content (AvgIpc) is 2.94. The minimum atomic E-state index is -3.69. The third-order valence-corrected chi connectivity index (χ3v) is 4.37. The Kier molecular flexibility index (Phi) is 5.19. The van der Waals surface area contributed by atoms with Crippen LogP contribution in [0, 0.1) is 0 Å². The van der Waals surface area contributed by atoms with Crippen LogP contribution in [0.3, 0.4) is 0 Å². The molecule has 0 spiro atoms. The summed E-state index contributed by atoms with van der Waals surface area (Å²) < 4.78 is 48.8.